The maximum atomic E-state index is 12.5. The fourth-order valence-electron chi connectivity index (χ4n) is 2.45. The number of hydrogen-bond acceptors (Lipinski definition) is 6. The summed E-state index contributed by atoms with van der Waals surface area (Å²) >= 11 is 1.20. The van der Waals surface area contributed by atoms with E-state index in [-0.39, 0.29) is 11.9 Å². The first-order chi connectivity index (χ1) is 11.9. The van der Waals surface area contributed by atoms with Crippen molar-refractivity contribution in [2.45, 2.75) is 6.18 Å². The average molecular weight is 370 g/mol. The summed E-state index contributed by atoms with van der Waals surface area (Å²) < 4.78 is 37.6. The van der Waals surface area contributed by atoms with E-state index in [1.807, 2.05) is 0 Å². The molecular formula is C15H13F3N4O2S. The van der Waals surface area contributed by atoms with Crippen LogP contribution in [0.4, 0.5) is 19.1 Å². The summed E-state index contributed by atoms with van der Waals surface area (Å²) in [5.74, 6) is 0.0382. The molecule has 1 amide bonds. The maximum absolute atomic E-state index is 12.5. The van der Waals surface area contributed by atoms with Crippen molar-refractivity contribution < 1.29 is 22.8 Å². The van der Waals surface area contributed by atoms with Gasteiger partial charge in [-0.15, -0.1) is 11.3 Å². The first kappa shape index (κ1) is 17.3. The topological polar surface area (TPSA) is 66.4 Å². The highest BCUT2D eigenvalue weighted by Gasteiger charge is 2.32. The van der Waals surface area contributed by atoms with Gasteiger partial charge >= 0.3 is 6.18 Å². The van der Waals surface area contributed by atoms with Crippen LogP contribution >= 0.6 is 11.3 Å². The lowest BCUT2D eigenvalue weighted by atomic mass is 10.2. The van der Waals surface area contributed by atoms with E-state index < -0.39 is 11.7 Å². The van der Waals surface area contributed by atoms with Crippen LogP contribution in [0.25, 0.3) is 0 Å². The molecule has 0 aromatic carbocycles. The third-order valence-corrected chi connectivity index (χ3v) is 4.66. The number of halogens is 3. The number of nitrogens with zero attached hydrogens (tertiary/aromatic N) is 4. The highest BCUT2D eigenvalue weighted by molar-refractivity contribution is 7.12. The molecule has 1 aliphatic rings. The van der Waals surface area contributed by atoms with Crippen molar-refractivity contribution in [3.63, 3.8) is 0 Å². The Labute approximate surface area is 144 Å². The normalized spacial score (nSPS) is 15.3. The molecule has 6 nitrogen and oxygen atoms in total. The molecule has 0 aliphatic carbocycles. The van der Waals surface area contributed by atoms with E-state index in [2.05, 4.69) is 9.97 Å². The van der Waals surface area contributed by atoms with Gasteiger partial charge in [-0.05, 0) is 6.07 Å². The molecule has 10 heteroatoms. The third-order valence-electron chi connectivity index (χ3n) is 3.80. The number of carbonyl (C=O) groups is 2. The molecule has 0 radical (unpaired) electrons. The summed E-state index contributed by atoms with van der Waals surface area (Å²) in [6.45, 7) is 1.63. The number of carbonyl (C=O) groups excluding carboxylic acids is 2. The fraction of sp³-hybridized carbons (Fsp3) is 0.333. The Morgan fingerprint density at radius 2 is 1.80 bits per heavy atom. The first-order valence-electron chi connectivity index (χ1n) is 7.35. The summed E-state index contributed by atoms with van der Waals surface area (Å²) in [6, 6.07) is 1.55. The van der Waals surface area contributed by atoms with Gasteiger partial charge in [0.2, 0.25) is 5.95 Å². The molecule has 1 fully saturated rings. The van der Waals surface area contributed by atoms with Gasteiger partial charge in [-0.1, -0.05) is 0 Å². The zero-order valence-electron chi connectivity index (χ0n) is 12.9. The van der Waals surface area contributed by atoms with Crippen molar-refractivity contribution in [3.05, 3.63) is 39.8 Å². The van der Waals surface area contributed by atoms with Crippen molar-refractivity contribution >= 4 is 29.5 Å². The van der Waals surface area contributed by atoms with E-state index in [0.717, 1.165) is 12.4 Å². The van der Waals surface area contributed by atoms with E-state index in [0.29, 0.717) is 42.9 Å². The molecule has 0 atom stereocenters. The van der Waals surface area contributed by atoms with Crippen LogP contribution in [-0.4, -0.2) is 53.2 Å². The number of alkyl halides is 3. The molecule has 2 aromatic heterocycles. The Hall–Kier alpha value is -2.49. The number of amides is 1. The quantitative estimate of drug-likeness (QED) is 0.776. The number of anilines is 1. The molecule has 0 N–H and O–H groups in total. The Bertz CT molecular complexity index is 768. The van der Waals surface area contributed by atoms with Crippen LogP contribution in [0.5, 0.6) is 0 Å². The Morgan fingerprint density at radius 3 is 2.32 bits per heavy atom. The molecule has 132 valence electrons. The summed E-state index contributed by atoms with van der Waals surface area (Å²) in [6.07, 6.45) is -2.26. The summed E-state index contributed by atoms with van der Waals surface area (Å²) in [7, 11) is 0. The molecule has 0 spiro atoms. The van der Waals surface area contributed by atoms with Crippen LogP contribution < -0.4 is 4.90 Å². The molecule has 2 aromatic rings. The van der Waals surface area contributed by atoms with Gasteiger partial charge in [-0.2, -0.15) is 13.2 Å². The lowest BCUT2D eigenvalue weighted by Gasteiger charge is -2.34. The van der Waals surface area contributed by atoms with E-state index in [4.69, 9.17) is 0 Å². The Balaban J connectivity index is 1.61. The minimum Gasteiger partial charge on any atom is -0.337 e. The second kappa shape index (κ2) is 6.79. The number of hydrogen-bond donors (Lipinski definition) is 0. The van der Waals surface area contributed by atoms with Crippen molar-refractivity contribution in [1.29, 1.82) is 0 Å². The van der Waals surface area contributed by atoms with Gasteiger partial charge in [0.05, 0.1) is 16.0 Å². The second-order valence-corrected chi connectivity index (χ2v) is 6.35. The summed E-state index contributed by atoms with van der Waals surface area (Å²) in [5, 5.41) is 1.64. The van der Waals surface area contributed by atoms with Gasteiger partial charge in [0, 0.05) is 44.0 Å². The molecule has 0 saturated carbocycles. The molecule has 1 saturated heterocycles. The van der Waals surface area contributed by atoms with Gasteiger partial charge in [0.15, 0.2) is 6.29 Å². The number of aromatic nitrogens is 2. The third kappa shape index (κ3) is 3.78. The smallest absolute Gasteiger partial charge is 0.337 e. The number of piperazine rings is 1. The minimum absolute atomic E-state index is 0.169. The lowest BCUT2D eigenvalue weighted by molar-refractivity contribution is -0.138. The van der Waals surface area contributed by atoms with Crippen LogP contribution in [0.15, 0.2) is 23.8 Å². The maximum Gasteiger partial charge on any atom is 0.419 e. The van der Waals surface area contributed by atoms with Crippen molar-refractivity contribution in [2.75, 3.05) is 31.1 Å². The van der Waals surface area contributed by atoms with Gasteiger partial charge in [0.1, 0.15) is 0 Å². The van der Waals surface area contributed by atoms with Crippen LogP contribution in [0.1, 0.15) is 25.6 Å². The number of aldehydes is 1. The van der Waals surface area contributed by atoms with E-state index in [9.17, 15) is 22.8 Å². The number of rotatable bonds is 3. The monoisotopic (exact) mass is 370 g/mol. The number of thiophene rings is 1. The van der Waals surface area contributed by atoms with E-state index in [1.165, 1.54) is 11.3 Å². The van der Waals surface area contributed by atoms with Gasteiger partial charge in [-0.3, -0.25) is 9.59 Å². The van der Waals surface area contributed by atoms with Crippen molar-refractivity contribution in [2.24, 2.45) is 0 Å². The van der Waals surface area contributed by atoms with Gasteiger partial charge in [0.25, 0.3) is 5.91 Å². The fourth-order valence-corrected chi connectivity index (χ4v) is 3.13. The summed E-state index contributed by atoms with van der Waals surface area (Å²) in [5.41, 5.74) is -0.431. The highest BCUT2D eigenvalue weighted by atomic mass is 32.1. The van der Waals surface area contributed by atoms with Gasteiger partial charge in [-0.25, -0.2) is 9.97 Å². The molecule has 3 heterocycles. The van der Waals surface area contributed by atoms with E-state index in [1.54, 1.807) is 21.2 Å². The zero-order valence-corrected chi connectivity index (χ0v) is 13.7. The van der Waals surface area contributed by atoms with E-state index >= 15 is 0 Å². The first-order valence-corrected chi connectivity index (χ1v) is 8.23. The zero-order chi connectivity index (χ0) is 18.0. The molecule has 25 heavy (non-hydrogen) atoms. The Morgan fingerprint density at radius 1 is 1.16 bits per heavy atom. The minimum atomic E-state index is -4.47. The average Bonchev–Trinajstić information content (AvgIpc) is 3.10. The van der Waals surface area contributed by atoms with Crippen LogP contribution in [0.3, 0.4) is 0 Å². The molecular weight excluding hydrogens is 357 g/mol. The predicted octanol–water partition coefficient (Wildman–Crippen LogP) is 2.33. The van der Waals surface area contributed by atoms with Crippen LogP contribution in [-0.2, 0) is 6.18 Å². The lowest BCUT2D eigenvalue weighted by Crippen LogP contribution is -2.49. The summed E-state index contributed by atoms with van der Waals surface area (Å²) in [4.78, 5) is 34.5. The van der Waals surface area contributed by atoms with Crippen molar-refractivity contribution in [3.8, 4) is 0 Å². The van der Waals surface area contributed by atoms with Crippen molar-refractivity contribution in [1.82, 2.24) is 14.9 Å². The molecule has 3 rings (SSSR count). The van der Waals surface area contributed by atoms with Gasteiger partial charge < -0.3 is 9.80 Å². The molecule has 0 bridgehead atoms. The molecule has 0 unspecified atom stereocenters. The van der Waals surface area contributed by atoms with Crippen LogP contribution in [0, 0.1) is 0 Å². The molecule has 1 aliphatic heterocycles. The second-order valence-electron chi connectivity index (χ2n) is 5.40. The predicted molar refractivity (Wildman–Crippen MR) is 84.9 cm³/mol. The highest BCUT2D eigenvalue weighted by Crippen LogP contribution is 2.28. The largest absolute Gasteiger partial charge is 0.419 e. The van der Waals surface area contributed by atoms with Crippen LogP contribution in [0.2, 0.25) is 0 Å². The SMILES string of the molecule is O=Cc1cc(C(=O)N2CCN(c3ncc(C(F)(F)F)cn3)CC2)cs1. The standard InChI is InChI=1S/C15H13F3N4O2S/c16-15(17,18)11-6-19-14(20-7-11)22-3-1-21(2-4-22)13(24)10-5-12(8-23)25-9-10/h5-9H,1-4H2. The Kier molecular flexibility index (Phi) is 4.71.